The molecule has 4 rings (SSSR count). The number of piperazine rings is 1. The molecule has 0 aliphatic carbocycles. The normalized spacial score (nSPS) is 22.5. The van der Waals surface area contributed by atoms with Gasteiger partial charge < -0.3 is 14.9 Å². The van der Waals surface area contributed by atoms with Crippen LogP contribution in [-0.4, -0.2) is 67.5 Å². The van der Waals surface area contributed by atoms with Crippen molar-refractivity contribution >= 4 is 21.6 Å². The van der Waals surface area contributed by atoms with E-state index in [2.05, 4.69) is 4.90 Å². The third kappa shape index (κ3) is 5.39. The van der Waals surface area contributed by atoms with Gasteiger partial charge in [-0.05, 0) is 43.0 Å². The Morgan fingerprint density at radius 3 is 2.27 bits per heavy atom. The number of benzene rings is 2. The maximum absolute atomic E-state index is 13.5. The Morgan fingerprint density at radius 2 is 1.64 bits per heavy atom. The van der Waals surface area contributed by atoms with Gasteiger partial charge in [-0.1, -0.05) is 48.9 Å². The van der Waals surface area contributed by atoms with Crippen molar-refractivity contribution in [3.05, 3.63) is 65.7 Å². The molecule has 0 spiro atoms. The number of hydrogen-bond acceptors (Lipinski definition) is 5. The molecule has 33 heavy (non-hydrogen) atoms. The molecular formula is C25H33N3O4S. The number of sulfonamides is 1. The summed E-state index contributed by atoms with van der Waals surface area (Å²) in [6, 6.07) is 17.6. The number of carbonyl (C=O) groups is 1. The summed E-state index contributed by atoms with van der Waals surface area (Å²) in [5.41, 5.74) is 2.90. The van der Waals surface area contributed by atoms with Crippen molar-refractivity contribution in [1.82, 2.24) is 9.21 Å². The first-order valence-electron chi connectivity index (χ1n) is 11.7. The van der Waals surface area contributed by atoms with Gasteiger partial charge in [-0.15, -0.1) is 0 Å². The molecule has 0 bridgehead atoms. The number of rotatable bonds is 5. The van der Waals surface area contributed by atoms with Crippen LogP contribution >= 0.6 is 0 Å². The smallest absolute Gasteiger partial charge is 0.251 e. The number of nitrogens with zero attached hydrogens (tertiary/aromatic N) is 3. The van der Waals surface area contributed by atoms with E-state index < -0.39 is 21.4 Å². The number of aliphatic hydroxyl groups is 1. The zero-order valence-electron chi connectivity index (χ0n) is 19.1. The van der Waals surface area contributed by atoms with E-state index in [0.29, 0.717) is 45.7 Å². The van der Waals surface area contributed by atoms with Crippen molar-refractivity contribution < 1.29 is 18.3 Å². The van der Waals surface area contributed by atoms with Crippen LogP contribution in [0.1, 0.15) is 42.6 Å². The van der Waals surface area contributed by atoms with E-state index in [1.165, 1.54) is 6.92 Å². The van der Waals surface area contributed by atoms with E-state index >= 15 is 0 Å². The van der Waals surface area contributed by atoms with Crippen LogP contribution in [-0.2, 0) is 21.4 Å². The van der Waals surface area contributed by atoms with E-state index in [1.807, 2.05) is 54.6 Å². The molecule has 0 radical (unpaired) electrons. The van der Waals surface area contributed by atoms with Crippen LogP contribution in [0, 0.1) is 0 Å². The largest absolute Gasteiger partial charge is 0.384 e. The van der Waals surface area contributed by atoms with Crippen molar-refractivity contribution in [3.63, 3.8) is 0 Å². The van der Waals surface area contributed by atoms with Gasteiger partial charge in [0, 0.05) is 45.0 Å². The summed E-state index contributed by atoms with van der Waals surface area (Å²) in [6.07, 6.45) is 1.46. The molecule has 1 unspecified atom stereocenters. The minimum atomic E-state index is -3.44. The van der Waals surface area contributed by atoms with Crippen molar-refractivity contribution in [2.75, 3.05) is 37.6 Å². The Labute approximate surface area is 196 Å². The summed E-state index contributed by atoms with van der Waals surface area (Å²) in [4.78, 5) is 15.9. The van der Waals surface area contributed by atoms with E-state index in [-0.39, 0.29) is 5.91 Å². The summed E-state index contributed by atoms with van der Waals surface area (Å²) in [5.74, 6) is -0.225. The molecule has 2 aromatic rings. The second kappa shape index (κ2) is 10.2. The van der Waals surface area contributed by atoms with E-state index in [0.717, 1.165) is 29.7 Å². The predicted octanol–water partition coefficient (Wildman–Crippen LogP) is 2.77. The van der Waals surface area contributed by atoms with Crippen LogP contribution in [0.3, 0.4) is 0 Å². The van der Waals surface area contributed by atoms with Crippen molar-refractivity contribution in [2.24, 2.45) is 0 Å². The number of hydrogen-bond donors (Lipinski definition) is 1. The molecule has 1 N–H and O–H groups in total. The highest BCUT2D eigenvalue weighted by Crippen LogP contribution is 2.34. The fourth-order valence-corrected chi connectivity index (χ4v) is 6.75. The maximum atomic E-state index is 13.5. The Bertz CT molecular complexity index is 1030. The average molecular weight is 472 g/mol. The minimum Gasteiger partial charge on any atom is -0.384 e. The molecule has 2 saturated heterocycles. The lowest BCUT2D eigenvalue weighted by Gasteiger charge is -2.36. The fraction of sp³-hybridized carbons (Fsp3) is 0.480. The molecule has 2 aliphatic heterocycles. The highest BCUT2D eigenvalue weighted by molar-refractivity contribution is 7.89. The molecule has 2 fully saturated rings. The minimum absolute atomic E-state index is 0.225. The second-order valence-corrected chi connectivity index (χ2v) is 11.0. The van der Waals surface area contributed by atoms with Gasteiger partial charge >= 0.3 is 0 Å². The van der Waals surface area contributed by atoms with Crippen LogP contribution < -0.4 is 4.90 Å². The number of anilines is 1. The third-order valence-corrected chi connectivity index (χ3v) is 8.88. The molecule has 2 heterocycles. The van der Waals surface area contributed by atoms with Gasteiger partial charge in [0.15, 0.2) is 0 Å². The Hall–Kier alpha value is -2.42. The fourth-order valence-electron chi connectivity index (χ4n) is 4.71. The SMILES string of the molecule is C[C@H](O)C(=O)N1CCN(c2ccc(CN3CCCCC(c4ccccc4)S3(=O)=O)cc2)CC1. The Balaban J connectivity index is 1.42. The van der Waals surface area contributed by atoms with Gasteiger partial charge in [-0.3, -0.25) is 4.79 Å². The van der Waals surface area contributed by atoms with Gasteiger partial charge in [-0.2, -0.15) is 4.31 Å². The van der Waals surface area contributed by atoms with Crippen molar-refractivity contribution in [2.45, 2.75) is 44.1 Å². The van der Waals surface area contributed by atoms with Crippen LogP contribution in [0.4, 0.5) is 5.69 Å². The number of carbonyl (C=O) groups excluding carboxylic acids is 1. The first-order chi connectivity index (χ1) is 15.9. The molecule has 2 atom stereocenters. The van der Waals surface area contributed by atoms with Crippen LogP contribution in [0.25, 0.3) is 0 Å². The topological polar surface area (TPSA) is 81.2 Å². The zero-order valence-corrected chi connectivity index (χ0v) is 20.0. The molecule has 0 saturated carbocycles. The monoisotopic (exact) mass is 471 g/mol. The molecule has 0 aromatic heterocycles. The zero-order chi connectivity index (χ0) is 23.4. The average Bonchev–Trinajstić information content (AvgIpc) is 2.97. The summed E-state index contributed by atoms with van der Waals surface area (Å²) in [5, 5.41) is 9.02. The highest BCUT2D eigenvalue weighted by atomic mass is 32.2. The van der Waals surface area contributed by atoms with Gasteiger partial charge in [0.25, 0.3) is 5.91 Å². The number of aliphatic hydroxyl groups excluding tert-OH is 1. The van der Waals surface area contributed by atoms with Crippen LogP contribution in [0.2, 0.25) is 0 Å². The van der Waals surface area contributed by atoms with Crippen LogP contribution in [0.5, 0.6) is 0 Å². The molecule has 8 heteroatoms. The van der Waals surface area contributed by atoms with Gasteiger partial charge in [-0.25, -0.2) is 8.42 Å². The maximum Gasteiger partial charge on any atom is 0.251 e. The predicted molar refractivity (Wildman–Crippen MR) is 129 cm³/mol. The summed E-state index contributed by atoms with van der Waals surface area (Å²) >= 11 is 0. The van der Waals surface area contributed by atoms with Crippen molar-refractivity contribution in [1.29, 1.82) is 0 Å². The van der Waals surface area contributed by atoms with E-state index in [4.69, 9.17) is 0 Å². The molecule has 2 aliphatic rings. The standard InChI is InChI=1S/C25H33N3O4S/c1-20(29)25(30)27-17-15-26(16-18-27)23-12-10-21(11-13-23)19-28-14-6-5-9-24(33(28,31)32)22-7-3-2-4-8-22/h2-4,7-8,10-13,20,24,29H,5-6,9,14-19H2,1H3/t20-,24?/m0/s1. The molecule has 7 nitrogen and oxygen atoms in total. The molecular weight excluding hydrogens is 438 g/mol. The van der Waals surface area contributed by atoms with Gasteiger partial charge in [0.1, 0.15) is 11.4 Å². The summed E-state index contributed by atoms with van der Waals surface area (Å²) < 4.78 is 28.6. The quantitative estimate of drug-likeness (QED) is 0.725. The lowest BCUT2D eigenvalue weighted by molar-refractivity contribution is -0.139. The van der Waals surface area contributed by atoms with Gasteiger partial charge in [0.05, 0.1) is 0 Å². The lowest BCUT2D eigenvalue weighted by Crippen LogP contribution is -2.51. The number of amides is 1. The summed E-state index contributed by atoms with van der Waals surface area (Å²) in [6.45, 7) is 5.00. The molecule has 1 amide bonds. The Morgan fingerprint density at radius 1 is 0.970 bits per heavy atom. The summed E-state index contributed by atoms with van der Waals surface area (Å²) in [7, 11) is -3.44. The van der Waals surface area contributed by atoms with Crippen molar-refractivity contribution in [3.8, 4) is 0 Å². The van der Waals surface area contributed by atoms with E-state index in [9.17, 15) is 18.3 Å². The van der Waals surface area contributed by atoms with Gasteiger partial charge in [0.2, 0.25) is 10.0 Å². The first-order valence-corrected chi connectivity index (χ1v) is 13.2. The highest BCUT2D eigenvalue weighted by Gasteiger charge is 2.35. The second-order valence-electron chi connectivity index (χ2n) is 8.93. The molecule has 2 aromatic carbocycles. The third-order valence-electron chi connectivity index (χ3n) is 6.62. The van der Waals surface area contributed by atoms with Crippen LogP contribution in [0.15, 0.2) is 54.6 Å². The Kier molecular flexibility index (Phi) is 7.36. The molecule has 178 valence electrons. The first kappa shape index (κ1) is 23.7. The van der Waals surface area contributed by atoms with E-state index in [1.54, 1.807) is 9.21 Å². The lowest BCUT2D eigenvalue weighted by atomic mass is 10.1.